The van der Waals surface area contributed by atoms with E-state index in [1.54, 1.807) is 6.07 Å². The smallest absolute Gasteiger partial charge is 0.253 e. The predicted octanol–water partition coefficient (Wildman–Crippen LogP) is 3.64. The van der Waals surface area contributed by atoms with Gasteiger partial charge in [-0.25, -0.2) is 0 Å². The average Bonchev–Trinajstić information content (AvgIpc) is 2.98. The van der Waals surface area contributed by atoms with Crippen molar-refractivity contribution in [3.63, 3.8) is 0 Å². The number of halogens is 1. The lowest BCUT2D eigenvalue weighted by Crippen LogP contribution is -2.41. The van der Waals surface area contributed by atoms with Crippen LogP contribution in [0.25, 0.3) is 0 Å². The summed E-state index contributed by atoms with van der Waals surface area (Å²) in [5.41, 5.74) is 1.70. The van der Waals surface area contributed by atoms with E-state index in [4.69, 9.17) is 11.6 Å². The van der Waals surface area contributed by atoms with Crippen LogP contribution in [0.15, 0.2) is 18.2 Å². The second kappa shape index (κ2) is 7.81. The molecule has 0 bridgehead atoms. The summed E-state index contributed by atoms with van der Waals surface area (Å²) in [6, 6.07) is 6.03. The highest BCUT2D eigenvalue weighted by atomic mass is 35.5. The van der Waals surface area contributed by atoms with Crippen molar-refractivity contribution >= 4 is 17.5 Å². The molecule has 0 saturated carbocycles. The van der Waals surface area contributed by atoms with Gasteiger partial charge in [0.25, 0.3) is 5.91 Å². The van der Waals surface area contributed by atoms with E-state index in [0.29, 0.717) is 16.6 Å². The molecule has 0 aromatic heterocycles. The summed E-state index contributed by atoms with van der Waals surface area (Å²) in [6.45, 7) is 6.79. The molecule has 1 saturated heterocycles. The summed E-state index contributed by atoms with van der Waals surface area (Å²) >= 11 is 6.15. The molecule has 2 rings (SSSR count). The molecule has 21 heavy (non-hydrogen) atoms. The monoisotopic (exact) mass is 308 g/mol. The van der Waals surface area contributed by atoms with Gasteiger partial charge in [-0.3, -0.25) is 4.79 Å². The number of carbonyl (C=O) groups excluding carboxylic acids is 1. The van der Waals surface area contributed by atoms with Crippen LogP contribution in [0.1, 0.15) is 48.5 Å². The number of nitrogens with one attached hydrogen (secondary N) is 1. The highest BCUT2D eigenvalue weighted by Crippen LogP contribution is 2.19. The van der Waals surface area contributed by atoms with Crippen LogP contribution in [0.2, 0.25) is 5.02 Å². The normalized spacial score (nSPS) is 18.0. The third kappa shape index (κ3) is 4.45. The molecule has 1 N–H and O–H groups in total. The predicted molar refractivity (Wildman–Crippen MR) is 88.0 cm³/mol. The molecule has 1 aliphatic heterocycles. The summed E-state index contributed by atoms with van der Waals surface area (Å²) in [7, 11) is 0. The van der Waals surface area contributed by atoms with Crippen molar-refractivity contribution in [3.05, 3.63) is 34.3 Å². The van der Waals surface area contributed by atoms with Gasteiger partial charge in [-0.1, -0.05) is 31.0 Å². The number of rotatable bonds is 6. The first-order chi connectivity index (χ1) is 10.1. The summed E-state index contributed by atoms with van der Waals surface area (Å²) in [6.07, 6.45) is 4.50. The second-order valence-electron chi connectivity index (χ2n) is 5.86. The molecule has 1 aliphatic rings. The summed E-state index contributed by atoms with van der Waals surface area (Å²) < 4.78 is 0. The van der Waals surface area contributed by atoms with Gasteiger partial charge in [0.05, 0.1) is 0 Å². The number of nitrogens with zero attached hydrogens (tertiary/aromatic N) is 1. The molecule has 1 amide bonds. The van der Waals surface area contributed by atoms with Gasteiger partial charge in [0.2, 0.25) is 0 Å². The van der Waals surface area contributed by atoms with E-state index in [-0.39, 0.29) is 5.91 Å². The summed E-state index contributed by atoms with van der Waals surface area (Å²) in [5, 5.41) is 4.13. The Kier molecular flexibility index (Phi) is 6.07. The Morgan fingerprint density at radius 2 is 2.29 bits per heavy atom. The molecule has 0 spiro atoms. The van der Waals surface area contributed by atoms with E-state index in [2.05, 4.69) is 12.2 Å². The third-order valence-corrected chi connectivity index (χ3v) is 4.50. The molecule has 116 valence electrons. The fourth-order valence-corrected chi connectivity index (χ4v) is 2.89. The Hall–Kier alpha value is -1.06. The maximum Gasteiger partial charge on any atom is 0.253 e. The Labute approximate surface area is 132 Å². The molecule has 1 atom stereocenters. The molecule has 0 radical (unpaired) electrons. The van der Waals surface area contributed by atoms with Crippen LogP contribution in [0, 0.1) is 6.92 Å². The standard InChI is InChI=1S/C17H25ClN2O/c1-3-4-10-20(12-15-6-5-9-19-15)17(21)14-8-7-13(2)16(18)11-14/h7-8,11,15,19H,3-6,9-10,12H2,1-2H3. The van der Waals surface area contributed by atoms with E-state index in [9.17, 15) is 4.79 Å². The first-order valence-electron chi connectivity index (χ1n) is 7.90. The Bertz CT molecular complexity index is 484. The summed E-state index contributed by atoms with van der Waals surface area (Å²) in [5.74, 6) is 0.0963. The SMILES string of the molecule is CCCCN(CC1CCCN1)C(=O)c1ccc(C)c(Cl)c1. The van der Waals surface area contributed by atoms with Gasteiger partial charge in [-0.2, -0.15) is 0 Å². The Morgan fingerprint density at radius 1 is 1.48 bits per heavy atom. The molecule has 3 nitrogen and oxygen atoms in total. The van der Waals surface area contributed by atoms with E-state index in [1.807, 2.05) is 24.0 Å². The molecule has 1 aromatic rings. The van der Waals surface area contributed by atoms with Gasteiger partial charge in [0.1, 0.15) is 0 Å². The van der Waals surface area contributed by atoms with Crippen molar-refractivity contribution in [1.82, 2.24) is 10.2 Å². The van der Waals surface area contributed by atoms with Gasteiger partial charge in [0.15, 0.2) is 0 Å². The maximum absolute atomic E-state index is 12.7. The Morgan fingerprint density at radius 3 is 2.90 bits per heavy atom. The first kappa shape index (κ1) is 16.3. The number of unbranched alkanes of at least 4 members (excludes halogenated alkanes) is 1. The van der Waals surface area contributed by atoms with E-state index in [0.717, 1.165) is 44.5 Å². The van der Waals surface area contributed by atoms with Crippen LogP contribution in [0.3, 0.4) is 0 Å². The number of hydrogen-bond donors (Lipinski definition) is 1. The second-order valence-corrected chi connectivity index (χ2v) is 6.27. The minimum absolute atomic E-state index is 0.0963. The van der Waals surface area contributed by atoms with Crippen LogP contribution in [-0.2, 0) is 0 Å². The van der Waals surface area contributed by atoms with Crippen LogP contribution >= 0.6 is 11.6 Å². The number of hydrogen-bond acceptors (Lipinski definition) is 2. The topological polar surface area (TPSA) is 32.3 Å². The van der Waals surface area contributed by atoms with Crippen LogP contribution in [-0.4, -0.2) is 36.5 Å². The zero-order valence-corrected chi connectivity index (χ0v) is 13.7. The quantitative estimate of drug-likeness (QED) is 0.870. The molecule has 4 heteroatoms. The number of aryl methyl sites for hydroxylation is 1. The van der Waals surface area contributed by atoms with Crippen molar-refractivity contribution in [2.24, 2.45) is 0 Å². The zero-order valence-electron chi connectivity index (χ0n) is 13.0. The molecule has 1 heterocycles. The highest BCUT2D eigenvalue weighted by Gasteiger charge is 2.22. The van der Waals surface area contributed by atoms with E-state index < -0.39 is 0 Å². The van der Waals surface area contributed by atoms with E-state index >= 15 is 0 Å². The van der Waals surface area contributed by atoms with Gasteiger partial charge in [0, 0.05) is 29.7 Å². The molecular weight excluding hydrogens is 284 g/mol. The number of amides is 1. The Balaban J connectivity index is 2.09. The van der Waals surface area contributed by atoms with Crippen molar-refractivity contribution in [1.29, 1.82) is 0 Å². The zero-order chi connectivity index (χ0) is 15.2. The number of benzene rings is 1. The van der Waals surface area contributed by atoms with E-state index in [1.165, 1.54) is 6.42 Å². The van der Waals surface area contributed by atoms with Crippen molar-refractivity contribution in [3.8, 4) is 0 Å². The number of carbonyl (C=O) groups is 1. The van der Waals surface area contributed by atoms with Crippen LogP contribution < -0.4 is 5.32 Å². The van der Waals surface area contributed by atoms with Crippen LogP contribution in [0.5, 0.6) is 0 Å². The van der Waals surface area contributed by atoms with Crippen molar-refractivity contribution in [2.75, 3.05) is 19.6 Å². The van der Waals surface area contributed by atoms with Crippen molar-refractivity contribution < 1.29 is 4.79 Å². The third-order valence-electron chi connectivity index (χ3n) is 4.09. The minimum atomic E-state index is 0.0963. The van der Waals surface area contributed by atoms with Gasteiger partial charge in [-0.05, 0) is 50.4 Å². The molecule has 0 aliphatic carbocycles. The average molecular weight is 309 g/mol. The minimum Gasteiger partial charge on any atom is -0.337 e. The lowest BCUT2D eigenvalue weighted by molar-refractivity contribution is 0.0739. The fourth-order valence-electron chi connectivity index (χ4n) is 2.71. The fraction of sp³-hybridized carbons (Fsp3) is 0.588. The summed E-state index contributed by atoms with van der Waals surface area (Å²) in [4.78, 5) is 14.7. The lowest BCUT2D eigenvalue weighted by Gasteiger charge is -2.26. The molecular formula is C17H25ClN2O. The molecule has 1 unspecified atom stereocenters. The largest absolute Gasteiger partial charge is 0.337 e. The van der Waals surface area contributed by atoms with Gasteiger partial charge < -0.3 is 10.2 Å². The highest BCUT2D eigenvalue weighted by molar-refractivity contribution is 6.31. The van der Waals surface area contributed by atoms with Gasteiger partial charge >= 0.3 is 0 Å². The first-order valence-corrected chi connectivity index (χ1v) is 8.28. The molecule has 1 fully saturated rings. The maximum atomic E-state index is 12.7. The van der Waals surface area contributed by atoms with Gasteiger partial charge in [-0.15, -0.1) is 0 Å². The van der Waals surface area contributed by atoms with Crippen molar-refractivity contribution in [2.45, 2.75) is 45.6 Å². The molecule has 1 aromatic carbocycles. The van der Waals surface area contributed by atoms with Crippen LogP contribution in [0.4, 0.5) is 0 Å². The lowest BCUT2D eigenvalue weighted by atomic mass is 10.1.